The summed E-state index contributed by atoms with van der Waals surface area (Å²) in [6.45, 7) is 10.4. The van der Waals surface area contributed by atoms with E-state index >= 15 is 0 Å². The quantitative estimate of drug-likeness (QED) is 0.0498. The fourth-order valence-corrected chi connectivity index (χ4v) is 12.8. The van der Waals surface area contributed by atoms with Crippen molar-refractivity contribution in [3.8, 4) is 34.4 Å². The summed E-state index contributed by atoms with van der Waals surface area (Å²) in [7, 11) is -5.76. The first-order chi connectivity index (χ1) is 43.0. The maximum Gasteiger partial charge on any atom is 0.425 e. The predicted octanol–water partition coefficient (Wildman–Crippen LogP) is 7.92. The van der Waals surface area contributed by atoms with Crippen molar-refractivity contribution in [2.45, 2.75) is 79.0 Å². The summed E-state index contributed by atoms with van der Waals surface area (Å²) in [5.41, 5.74) is 0.264. The van der Waals surface area contributed by atoms with Crippen LogP contribution in [-0.4, -0.2) is 151 Å². The molecule has 4 fully saturated rings. The number of nitrogens with one attached hydrogen (secondary N) is 1. The Morgan fingerprint density at radius 2 is 1.08 bits per heavy atom. The molecule has 10 rings (SSSR count). The van der Waals surface area contributed by atoms with E-state index in [1.165, 1.54) is 70.5 Å². The first-order valence-electron chi connectivity index (χ1n) is 28.9. The number of nitrogens with zero attached hydrogens (tertiary/aromatic N) is 11. The average molecular weight is 1340 g/mol. The molecule has 1 N–H and O–H groups in total. The Bertz CT molecular complexity index is 4070. The molecule has 28 nitrogen and oxygen atoms in total. The van der Waals surface area contributed by atoms with E-state index < -0.39 is 59.6 Å². The summed E-state index contributed by atoms with van der Waals surface area (Å²) < 4.78 is 90.2. The van der Waals surface area contributed by atoms with Crippen LogP contribution in [0.15, 0.2) is 107 Å². The summed E-state index contributed by atoms with van der Waals surface area (Å²) in [5, 5.41) is 32.2. The molecule has 0 atom stereocenters. The second kappa shape index (κ2) is 27.4. The smallest absolute Gasteiger partial charge is 0.425 e. The Morgan fingerprint density at radius 1 is 0.648 bits per heavy atom. The molecular weight excluding hydrogens is 1270 g/mol. The van der Waals surface area contributed by atoms with Gasteiger partial charge in [0.25, 0.3) is 10.2 Å². The van der Waals surface area contributed by atoms with Crippen molar-refractivity contribution in [3.63, 3.8) is 0 Å². The minimum atomic E-state index is -4.47. The summed E-state index contributed by atoms with van der Waals surface area (Å²) in [6, 6.07) is 21.6. The normalized spacial score (nSPS) is 16.4. The topological polar surface area (TPSA) is 316 Å². The van der Waals surface area contributed by atoms with Crippen LogP contribution in [0.2, 0.25) is 10.0 Å². The number of aromatic nitrogens is 4. The number of benzene rings is 4. The Balaban J connectivity index is 0.000000218. The van der Waals surface area contributed by atoms with Crippen molar-refractivity contribution in [1.29, 1.82) is 0 Å². The number of piperazine rings is 2. The number of amides is 1. The number of methoxy groups -OCH3 is 2. The maximum absolute atomic E-state index is 14.1. The molecular formula is C59H70Cl2N12O16S2. The molecule has 2 aromatic heterocycles. The summed E-state index contributed by atoms with van der Waals surface area (Å²) >= 11 is 12.3. The van der Waals surface area contributed by atoms with Crippen LogP contribution < -0.4 is 44.6 Å². The van der Waals surface area contributed by atoms with Gasteiger partial charge in [0, 0.05) is 91.9 Å². The Morgan fingerprint density at radius 3 is 1.48 bits per heavy atom. The van der Waals surface area contributed by atoms with Crippen molar-refractivity contribution in [2.24, 2.45) is 10.8 Å². The molecule has 91 heavy (non-hydrogen) atoms. The molecule has 2 saturated carbocycles. The van der Waals surface area contributed by atoms with Crippen LogP contribution in [0.4, 0.5) is 27.5 Å². The lowest BCUT2D eigenvalue weighted by Crippen LogP contribution is -2.54. The van der Waals surface area contributed by atoms with Gasteiger partial charge in [0.15, 0.2) is 11.5 Å². The molecule has 4 aromatic carbocycles. The van der Waals surface area contributed by atoms with Crippen LogP contribution in [-0.2, 0) is 38.2 Å². The lowest BCUT2D eigenvalue weighted by atomic mass is 10.2. The average Bonchev–Trinajstić information content (AvgIpc) is 1.37. The van der Waals surface area contributed by atoms with E-state index in [-0.39, 0.29) is 96.6 Å². The predicted molar refractivity (Wildman–Crippen MR) is 339 cm³/mol. The third-order valence-electron chi connectivity index (χ3n) is 15.6. The number of halogens is 2. The van der Waals surface area contributed by atoms with Gasteiger partial charge in [-0.15, -0.1) is 0 Å². The van der Waals surface area contributed by atoms with Crippen LogP contribution >= 0.6 is 23.2 Å². The fourth-order valence-electron chi connectivity index (χ4n) is 9.78. The molecule has 0 unspecified atom stereocenters. The van der Waals surface area contributed by atoms with Gasteiger partial charge in [0.2, 0.25) is 11.5 Å². The van der Waals surface area contributed by atoms with Crippen LogP contribution in [0, 0.1) is 31.1 Å². The summed E-state index contributed by atoms with van der Waals surface area (Å²) in [4.78, 5) is 65.7. The zero-order chi connectivity index (χ0) is 65.8. The van der Waals surface area contributed by atoms with Gasteiger partial charge < -0.3 is 33.5 Å². The van der Waals surface area contributed by atoms with Crippen LogP contribution in [0.25, 0.3) is 11.4 Å². The molecule has 0 bridgehead atoms. The number of ether oxygens (including phenoxy) is 5. The Labute approximate surface area is 535 Å². The largest absolute Gasteiger partial charge is 0.490 e. The molecule has 2 saturated heterocycles. The lowest BCUT2D eigenvalue weighted by molar-refractivity contribution is -0.385. The standard InChI is InChI=1S/C32H39ClN6O9S.C27H31ClN6O7S/c1-31(2,3)48-30(41)37(20-22-9-10-25(39(42)43)27(17-22)46-5)49(44,45)36-15-13-35(14-16-36)26-19-34-38(24-8-6-7-23(33)18-24)29(40)28(26)47-21-32(4)11-12-32;1-27(8-9-27)18-41-25-23(17-29-33(26(25)35)21-5-3-4-20(28)15-21)31-10-12-32(13-11-31)42(38,39)30-16-19-6-7-22(34(36)37)24(14-19)40-2/h6-10,17-19H,11-16,20-21H2,1-5H3;3-7,14-15,17,30H,8-13,16,18H2,1-2H3. The number of hydrogen-bond donors (Lipinski definition) is 1. The van der Waals surface area contributed by atoms with Gasteiger partial charge in [0.1, 0.15) is 17.0 Å². The SMILES string of the molecule is COc1cc(CN(C(=O)OC(C)(C)C)S(=O)(=O)N2CCN(c3cnn(-c4cccc(Cl)c4)c(=O)c3OCC3(C)CC3)CC2)ccc1[N+](=O)[O-].COc1cc(CNS(=O)(=O)N2CCN(c3cnn(-c4cccc(Cl)c4)c(=O)c3OCC3(C)CC3)CC2)ccc1[N+](=O)[O-]. The van der Waals surface area contributed by atoms with E-state index in [9.17, 15) is 51.4 Å². The van der Waals surface area contributed by atoms with Gasteiger partial charge in [-0.1, -0.05) is 61.3 Å². The molecule has 0 spiro atoms. The highest BCUT2D eigenvalue weighted by atomic mass is 35.5. The van der Waals surface area contributed by atoms with E-state index in [4.69, 9.17) is 46.9 Å². The fraction of sp³-hybridized carbons (Fsp3) is 0.441. The highest BCUT2D eigenvalue weighted by molar-refractivity contribution is 7.87. The molecule has 2 aliphatic heterocycles. The van der Waals surface area contributed by atoms with E-state index in [1.54, 1.807) is 75.5 Å². The molecule has 4 aliphatic rings. The molecule has 488 valence electrons. The van der Waals surface area contributed by atoms with Gasteiger partial charge in [-0.05, 0) is 106 Å². The van der Waals surface area contributed by atoms with Crippen molar-refractivity contribution in [3.05, 3.63) is 159 Å². The van der Waals surface area contributed by atoms with Gasteiger partial charge >= 0.3 is 38.8 Å². The second-order valence-electron chi connectivity index (χ2n) is 23.9. The van der Waals surface area contributed by atoms with Crippen LogP contribution in [0.5, 0.6) is 23.0 Å². The van der Waals surface area contributed by atoms with Crippen LogP contribution in [0.1, 0.15) is 71.4 Å². The van der Waals surface area contributed by atoms with Crippen molar-refractivity contribution in [1.82, 2.24) is 37.2 Å². The number of nitro benzene ring substituents is 2. The molecule has 6 aromatic rings. The van der Waals surface area contributed by atoms with Crippen molar-refractivity contribution >= 4 is 72.5 Å². The third-order valence-corrected chi connectivity index (χ3v) is 19.5. The van der Waals surface area contributed by atoms with E-state index in [2.05, 4.69) is 28.8 Å². The van der Waals surface area contributed by atoms with Gasteiger partial charge in [0.05, 0.1) is 67.6 Å². The number of nitro groups is 2. The zero-order valence-electron chi connectivity index (χ0n) is 51.1. The molecule has 4 heterocycles. The van der Waals surface area contributed by atoms with Gasteiger partial charge in [-0.3, -0.25) is 29.8 Å². The van der Waals surface area contributed by atoms with Crippen LogP contribution in [0.3, 0.4) is 0 Å². The summed E-state index contributed by atoms with van der Waals surface area (Å²) in [5.74, 6) is 0.226. The Kier molecular flexibility index (Phi) is 20.2. The zero-order valence-corrected chi connectivity index (χ0v) is 54.2. The minimum Gasteiger partial charge on any atom is -0.490 e. The first-order valence-corrected chi connectivity index (χ1v) is 32.5. The van der Waals surface area contributed by atoms with Crippen molar-refractivity contribution < 1.29 is 55.2 Å². The monoisotopic (exact) mass is 1340 g/mol. The van der Waals surface area contributed by atoms with Gasteiger partial charge in [-0.25, -0.2) is 4.79 Å². The highest BCUT2D eigenvalue weighted by Gasteiger charge is 2.42. The number of carbonyl (C=O) groups is 1. The lowest BCUT2D eigenvalue weighted by Gasteiger charge is -2.38. The third kappa shape index (κ3) is 16.3. The highest BCUT2D eigenvalue weighted by Crippen LogP contribution is 2.46. The molecule has 1 amide bonds. The second-order valence-corrected chi connectivity index (χ2v) is 28.4. The molecule has 0 radical (unpaired) electrons. The van der Waals surface area contributed by atoms with Crippen molar-refractivity contribution in [2.75, 3.05) is 89.6 Å². The number of hydrogen-bond acceptors (Lipinski definition) is 20. The van der Waals surface area contributed by atoms with Gasteiger partial charge in [-0.2, -0.15) is 54.0 Å². The minimum absolute atomic E-state index is 0.0278. The number of carbonyl (C=O) groups excluding carboxylic acids is 1. The summed E-state index contributed by atoms with van der Waals surface area (Å²) in [6.07, 6.45) is 5.98. The molecule has 32 heteroatoms. The van der Waals surface area contributed by atoms with E-state index in [0.29, 0.717) is 69.0 Å². The van der Waals surface area contributed by atoms with E-state index in [1.807, 2.05) is 9.80 Å². The van der Waals surface area contributed by atoms with E-state index in [0.717, 1.165) is 30.0 Å². The first kappa shape index (κ1) is 67.3. The molecule has 2 aliphatic carbocycles. The number of rotatable bonds is 22. The number of anilines is 2. The Hall–Kier alpha value is -8.13. The maximum atomic E-state index is 14.1.